The van der Waals surface area contributed by atoms with Crippen molar-refractivity contribution in [1.29, 1.82) is 0 Å². The van der Waals surface area contributed by atoms with E-state index in [0.29, 0.717) is 13.0 Å². The molecular weight excluding hydrogens is 210 g/mol. The maximum Gasteiger partial charge on any atom is 0.410 e. The van der Waals surface area contributed by atoms with Crippen molar-refractivity contribution in [2.24, 2.45) is 5.92 Å². The molecule has 16 heavy (non-hydrogen) atoms. The summed E-state index contributed by atoms with van der Waals surface area (Å²) in [7, 11) is 0. The van der Waals surface area contributed by atoms with Crippen LogP contribution in [-0.2, 0) is 9.53 Å². The third-order valence-electron chi connectivity index (χ3n) is 2.70. The van der Waals surface area contributed by atoms with Crippen molar-refractivity contribution in [3.8, 4) is 0 Å². The fourth-order valence-electron chi connectivity index (χ4n) is 1.85. The molecule has 0 aromatic rings. The molecular formula is C11H19NO4. The van der Waals surface area contributed by atoms with Gasteiger partial charge in [-0.25, -0.2) is 4.79 Å². The van der Waals surface area contributed by atoms with E-state index in [1.165, 1.54) is 4.90 Å². The van der Waals surface area contributed by atoms with Gasteiger partial charge in [0.1, 0.15) is 5.60 Å². The molecule has 1 N–H and O–H groups in total. The van der Waals surface area contributed by atoms with E-state index in [1.807, 2.05) is 0 Å². The lowest BCUT2D eigenvalue weighted by molar-refractivity contribution is -0.142. The van der Waals surface area contributed by atoms with Crippen LogP contribution < -0.4 is 0 Å². The average Bonchev–Trinajstić information content (AvgIpc) is 2.43. The first-order valence-electron chi connectivity index (χ1n) is 5.45. The number of likely N-dealkylation sites (tertiary alicyclic amines) is 1. The number of carboxylic acids is 1. The van der Waals surface area contributed by atoms with Crippen LogP contribution in [0.1, 0.15) is 34.1 Å². The molecule has 1 amide bonds. The fraction of sp³-hybridized carbons (Fsp3) is 0.818. The Morgan fingerprint density at radius 3 is 2.31 bits per heavy atom. The van der Waals surface area contributed by atoms with Crippen molar-refractivity contribution >= 4 is 12.1 Å². The molecule has 1 saturated heterocycles. The van der Waals surface area contributed by atoms with Crippen LogP contribution in [0.3, 0.4) is 0 Å². The number of ether oxygens (including phenoxy) is 1. The summed E-state index contributed by atoms with van der Waals surface area (Å²) in [4.78, 5) is 24.1. The monoisotopic (exact) mass is 229 g/mol. The number of amides is 1. The number of rotatable bonds is 1. The van der Waals surface area contributed by atoms with E-state index in [4.69, 9.17) is 9.84 Å². The molecule has 1 aliphatic rings. The predicted octanol–water partition coefficient (Wildman–Crippen LogP) is 1.72. The van der Waals surface area contributed by atoms with E-state index in [2.05, 4.69) is 0 Å². The molecule has 0 aliphatic carbocycles. The number of nitrogens with zero attached hydrogens (tertiary/aromatic N) is 1. The maximum atomic E-state index is 11.8. The molecule has 1 heterocycles. The highest BCUT2D eigenvalue weighted by Crippen LogP contribution is 2.26. The zero-order valence-corrected chi connectivity index (χ0v) is 10.2. The van der Waals surface area contributed by atoms with Crippen LogP contribution in [0.2, 0.25) is 0 Å². The number of carboxylic acid groups (broad SMARTS) is 1. The molecule has 2 unspecified atom stereocenters. The van der Waals surface area contributed by atoms with Crippen LogP contribution in [0.4, 0.5) is 4.79 Å². The second-order valence-corrected chi connectivity index (χ2v) is 5.15. The van der Waals surface area contributed by atoms with Crippen LogP contribution in [0.5, 0.6) is 0 Å². The van der Waals surface area contributed by atoms with Crippen molar-refractivity contribution in [1.82, 2.24) is 4.90 Å². The first-order valence-corrected chi connectivity index (χ1v) is 5.45. The standard InChI is InChI=1S/C11H19NO4/c1-7-8(9(13)14)5-6-12(7)10(15)16-11(2,3)4/h7-8H,5-6H2,1-4H3,(H,13,14). The van der Waals surface area contributed by atoms with Crippen molar-refractivity contribution in [3.63, 3.8) is 0 Å². The number of hydrogen-bond donors (Lipinski definition) is 1. The van der Waals surface area contributed by atoms with Gasteiger partial charge in [-0.3, -0.25) is 4.79 Å². The third-order valence-corrected chi connectivity index (χ3v) is 2.70. The van der Waals surface area contributed by atoms with Gasteiger partial charge in [-0.1, -0.05) is 0 Å². The Kier molecular flexibility index (Phi) is 3.45. The van der Waals surface area contributed by atoms with Crippen LogP contribution in [0, 0.1) is 5.92 Å². The SMILES string of the molecule is CC1C(C(=O)O)CCN1C(=O)OC(C)(C)C. The Balaban J connectivity index is 2.63. The van der Waals surface area contributed by atoms with E-state index in [1.54, 1.807) is 27.7 Å². The summed E-state index contributed by atoms with van der Waals surface area (Å²) < 4.78 is 5.21. The second-order valence-electron chi connectivity index (χ2n) is 5.15. The summed E-state index contributed by atoms with van der Waals surface area (Å²) in [5, 5.41) is 8.94. The summed E-state index contributed by atoms with van der Waals surface area (Å²) in [6, 6.07) is -0.299. The van der Waals surface area contributed by atoms with Gasteiger partial charge in [0.15, 0.2) is 0 Å². The number of carbonyl (C=O) groups is 2. The molecule has 2 atom stereocenters. The molecule has 1 aliphatic heterocycles. The van der Waals surface area contributed by atoms with Crippen molar-refractivity contribution in [2.75, 3.05) is 6.54 Å². The minimum absolute atomic E-state index is 0.299. The third kappa shape index (κ3) is 2.87. The number of hydrogen-bond acceptors (Lipinski definition) is 3. The molecule has 0 aromatic carbocycles. The largest absolute Gasteiger partial charge is 0.481 e. The lowest BCUT2D eigenvalue weighted by Crippen LogP contribution is -2.41. The Morgan fingerprint density at radius 1 is 1.38 bits per heavy atom. The van der Waals surface area contributed by atoms with Gasteiger partial charge in [-0.05, 0) is 34.1 Å². The highest BCUT2D eigenvalue weighted by molar-refractivity contribution is 5.75. The molecule has 92 valence electrons. The summed E-state index contributed by atoms with van der Waals surface area (Å²) in [5.41, 5.74) is -0.544. The molecule has 1 fully saturated rings. The Hall–Kier alpha value is -1.26. The van der Waals surface area contributed by atoms with Crippen LogP contribution in [0.25, 0.3) is 0 Å². The first kappa shape index (κ1) is 12.8. The van der Waals surface area contributed by atoms with Gasteiger partial charge in [0.2, 0.25) is 0 Å². The van der Waals surface area contributed by atoms with Crippen molar-refractivity contribution in [2.45, 2.75) is 45.8 Å². The minimum atomic E-state index is -0.849. The molecule has 0 bridgehead atoms. The molecule has 0 aromatic heterocycles. The molecule has 5 heteroatoms. The number of aliphatic carboxylic acids is 1. The minimum Gasteiger partial charge on any atom is -0.481 e. The molecule has 0 spiro atoms. The maximum absolute atomic E-state index is 11.8. The summed E-state index contributed by atoms with van der Waals surface area (Å²) >= 11 is 0. The van der Waals surface area contributed by atoms with E-state index >= 15 is 0 Å². The summed E-state index contributed by atoms with van der Waals surface area (Å²) in [6.07, 6.45) is 0.0687. The molecule has 0 radical (unpaired) electrons. The van der Waals surface area contributed by atoms with Gasteiger partial charge in [0.25, 0.3) is 0 Å². The van der Waals surface area contributed by atoms with Crippen molar-refractivity contribution in [3.05, 3.63) is 0 Å². The molecule has 5 nitrogen and oxygen atoms in total. The van der Waals surface area contributed by atoms with Gasteiger partial charge in [-0.2, -0.15) is 0 Å². The Bertz CT molecular complexity index is 295. The zero-order valence-electron chi connectivity index (χ0n) is 10.2. The van der Waals surface area contributed by atoms with Crippen molar-refractivity contribution < 1.29 is 19.4 Å². The summed E-state index contributed by atoms with van der Waals surface area (Å²) in [6.45, 7) is 7.57. The topological polar surface area (TPSA) is 66.8 Å². The quantitative estimate of drug-likeness (QED) is 0.743. The molecule has 1 rings (SSSR count). The lowest BCUT2D eigenvalue weighted by Gasteiger charge is -2.27. The lowest BCUT2D eigenvalue weighted by atomic mass is 10.0. The second kappa shape index (κ2) is 4.31. The highest BCUT2D eigenvalue weighted by atomic mass is 16.6. The van der Waals surface area contributed by atoms with Gasteiger partial charge in [-0.15, -0.1) is 0 Å². The van der Waals surface area contributed by atoms with Gasteiger partial charge in [0.05, 0.1) is 5.92 Å². The smallest absolute Gasteiger partial charge is 0.410 e. The van der Waals surface area contributed by atoms with E-state index in [-0.39, 0.29) is 6.04 Å². The predicted molar refractivity (Wildman–Crippen MR) is 58.1 cm³/mol. The zero-order chi connectivity index (χ0) is 12.5. The van der Waals surface area contributed by atoms with Gasteiger partial charge in [0, 0.05) is 12.6 Å². The van der Waals surface area contributed by atoms with E-state index < -0.39 is 23.6 Å². The van der Waals surface area contributed by atoms with Gasteiger partial charge < -0.3 is 14.7 Å². The van der Waals surface area contributed by atoms with Crippen LogP contribution in [-0.4, -0.2) is 40.3 Å². The van der Waals surface area contributed by atoms with E-state index in [9.17, 15) is 9.59 Å². The van der Waals surface area contributed by atoms with Crippen LogP contribution in [0.15, 0.2) is 0 Å². The Labute approximate surface area is 95.4 Å². The average molecular weight is 229 g/mol. The normalized spacial score (nSPS) is 25.6. The Morgan fingerprint density at radius 2 is 1.94 bits per heavy atom. The first-order chi connectivity index (χ1) is 7.22. The van der Waals surface area contributed by atoms with Gasteiger partial charge >= 0.3 is 12.1 Å². The summed E-state index contributed by atoms with van der Waals surface area (Å²) in [5.74, 6) is -1.33. The molecule has 0 saturated carbocycles. The van der Waals surface area contributed by atoms with E-state index in [0.717, 1.165) is 0 Å². The van der Waals surface area contributed by atoms with Crippen LogP contribution >= 0.6 is 0 Å². The highest BCUT2D eigenvalue weighted by Gasteiger charge is 2.39. The fourth-order valence-corrected chi connectivity index (χ4v) is 1.85. The number of carbonyl (C=O) groups excluding carboxylic acids is 1.